The van der Waals surface area contributed by atoms with Crippen molar-refractivity contribution in [2.24, 2.45) is 0 Å². The van der Waals surface area contributed by atoms with E-state index in [1.807, 2.05) is 6.07 Å². The lowest BCUT2D eigenvalue weighted by Gasteiger charge is -2.08. The molecule has 0 bridgehead atoms. The van der Waals surface area contributed by atoms with Crippen LogP contribution in [0.15, 0.2) is 12.1 Å². The first-order chi connectivity index (χ1) is 7.04. The lowest BCUT2D eigenvalue weighted by Crippen LogP contribution is -2.02. The van der Waals surface area contributed by atoms with Crippen molar-refractivity contribution in [3.05, 3.63) is 27.7 Å². The van der Waals surface area contributed by atoms with E-state index < -0.39 is 6.61 Å². The van der Waals surface area contributed by atoms with Crippen molar-refractivity contribution >= 4 is 23.2 Å². The first kappa shape index (κ1) is 12.0. The van der Waals surface area contributed by atoms with E-state index in [0.717, 1.165) is 0 Å². The third-order valence-corrected chi connectivity index (χ3v) is 2.23. The maximum atomic E-state index is 11.9. The maximum absolute atomic E-state index is 11.9. The molecule has 0 spiro atoms. The van der Waals surface area contributed by atoms with Gasteiger partial charge in [0.25, 0.3) is 0 Å². The summed E-state index contributed by atoms with van der Waals surface area (Å²) in [6.45, 7) is -2.96. The average Bonchev–Trinajstić information content (AvgIpc) is 2.13. The number of hydrogen-bond donors (Lipinski definition) is 0. The Hall–Kier alpha value is -1.05. The molecule has 0 aliphatic carbocycles. The topological polar surface area (TPSA) is 33.0 Å². The molecule has 0 amide bonds. The Morgan fingerprint density at radius 1 is 1.33 bits per heavy atom. The Morgan fingerprint density at radius 3 is 2.53 bits per heavy atom. The van der Waals surface area contributed by atoms with E-state index in [4.69, 9.17) is 28.5 Å². The summed E-state index contributed by atoms with van der Waals surface area (Å²) in [4.78, 5) is 0. The van der Waals surface area contributed by atoms with Crippen molar-refractivity contribution in [2.75, 3.05) is 0 Å². The van der Waals surface area contributed by atoms with E-state index in [-0.39, 0.29) is 22.2 Å². The second-order valence-electron chi connectivity index (χ2n) is 2.59. The molecule has 0 unspecified atom stereocenters. The van der Waals surface area contributed by atoms with Gasteiger partial charge < -0.3 is 4.74 Å². The first-order valence-electron chi connectivity index (χ1n) is 3.84. The molecule has 0 radical (unpaired) electrons. The van der Waals surface area contributed by atoms with Crippen molar-refractivity contribution in [3.8, 4) is 11.8 Å². The van der Waals surface area contributed by atoms with Crippen molar-refractivity contribution in [2.45, 2.75) is 13.0 Å². The van der Waals surface area contributed by atoms with Crippen molar-refractivity contribution < 1.29 is 13.5 Å². The molecule has 6 heteroatoms. The number of rotatable bonds is 3. The molecule has 0 aliphatic rings. The Labute approximate surface area is 95.0 Å². The number of alkyl halides is 2. The van der Waals surface area contributed by atoms with Gasteiger partial charge in [-0.15, -0.1) is 0 Å². The summed E-state index contributed by atoms with van der Waals surface area (Å²) in [7, 11) is 0. The highest BCUT2D eigenvalue weighted by Gasteiger charge is 2.12. The van der Waals surface area contributed by atoms with E-state index in [9.17, 15) is 8.78 Å². The predicted octanol–water partition coefficient (Wildman–Crippen LogP) is 3.66. The quantitative estimate of drug-likeness (QED) is 0.822. The van der Waals surface area contributed by atoms with Gasteiger partial charge in [-0.2, -0.15) is 14.0 Å². The zero-order valence-corrected chi connectivity index (χ0v) is 8.82. The largest absolute Gasteiger partial charge is 0.433 e. The van der Waals surface area contributed by atoms with Crippen molar-refractivity contribution in [3.63, 3.8) is 0 Å². The number of nitriles is 1. The summed E-state index contributed by atoms with van der Waals surface area (Å²) in [5.74, 6) is -0.196. The fourth-order valence-electron chi connectivity index (χ4n) is 0.977. The lowest BCUT2D eigenvalue weighted by molar-refractivity contribution is -0.0497. The standard InChI is InChI=1S/C9H5Cl2F2NO/c10-6-4-8(15-9(12)13)7(11)3-5(6)1-2-14/h3-4,9H,1H2. The molecular formula is C9H5Cl2F2NO. The van der Waals surface area contributed by atoms with Gasteiger partial charge in [0.05, 0.1) is 17.5 Å². The monoisotopic (exact) mass is 251 g/mol. The molecule has 1 aromatic rings. The first-order valence-corrected chi connectivity index (χ1v) is 4.60. The summed E-state index contributed by atoms with van der Waals surface area (Å²) >= 11 is 11.4. The number of benzene rings is 1. The van der Waals surface area contributed by atoms with Crippen LogP contribution in [-0.4, -0.2) is 6.61 Å². The van der Waals surface area contributed by atoms with Crippen LogP contribution in [0.25, 0.3) is 0 Å². The molecule has 15 heavy (non-hydrogen) atoms. The molecular weight excluding hydrogens is 247 g/mol. The summed E-state index contributed by atoms with van der Waals surface area (Å²) in [6, 6.07) is 4.39. The molecule has 0 fully saturated rings. The Balaban J connectivity index is 3.03. The minimum absolute atomic E-state index is 0.00458. The van der Waals surface area contributed by atoms with Gasteiger partial charge in [0, 0.05) is 11.1 Å². The van der Waals surface area contributed by atoms with Crippen LogP contribution in [0.5, 0.6) is 5.75 Å². The summed E-state index contributed by atoms with van der Waals surface area (Å²) in [5, 5.41) is 8.63. The smallest absolute Gasteiger partial charge is 0.387 e. The number of nitrogens with zero attached hydrogens (tertiary/aromatic N) is 1. The van der Waals surface area contributed by atoms with Crippen LogP contribution in [0.1, 0.15) is 5.56 Å². The van der Waals surface area contributed by atoms with E-state index in [1.54, 1.807) is 0 Å². The maximum Gasteiger partial charge on any atom is 0.387 e. The second kappa shape index (κ2) is 5.15. The van der Waals surface area contributed by atoms with E-state index in [2.05, 4.69) is 4.74 Å². The van der Waals surface area contributed by atoms with Gasteiger partial charge in [-0.05, 0) is 11.6 Å². The van der Waals surface area contributed by atoms with Gasteiger partial charge in [0.2, 0.25) is 0 Å². The molecule has 0 aromatic heterocycles. The van der Waals surface area contributed by atoms with Gasteiger partial charge in [0.15, 0.2) is 0 Å². The Bertz CT molecular complexity index is 404. The van der Waals surface area contributed by atoms with Crippen LogP contribution in [-0.2, 0) is 6.42 Å². The van der Waals surface area contributed by atoms with Gasteiger partial charge in [-0.3, -0.25) is 0 Å². The van der Waals surface area contributed by atoms with Crippen LogP contribution >= 0.6 is 23.2 Å². The Kier molecular flexibility index (Phi) is 4.13. The highest BCUT2D eigenvalue weighted by Crippen LogP contribution is 2.32. The second-order valence-corrected chi connectivity index (χ2v) is 3.40. The van der Waals surface area contributed by atoms with E-state index in [0.29, 0.717) is 5.56 Å². The highest BCUT2D eigenvalue weighted by atomic mass is 35.5. The number of hydrogen-bond acceptors (Lipinski definition) is 2. The fourth-order valence-corrected chi connectivity index (χ4v) is 1.43. The zero-order valence-electron chi connectivity index (χ0n) is 7.31. The zero-order chi connectivity index (χ0) is 11.4. The molecule has 2 nitrogen and oxygen atoms in total. The van der Waals surface area contributed by atoms with Gasteiger partial charge in [0.1, 0.15) is 5.75 Å². The molecule has 0 N–H and O–H groups in total. The van der Waals surface area contributed by atoms with Crippen LogP contribution in [0.3, 0.4) is 0 Å². The molecule has 0 saturated carbocycles. The lowest BCUT2D eigenvalue weighted by atomic mass is 10.1. The fraction of sp³-hybridized carbons (Fsp3) is 0.222. The minimum Gasteiger partial charge on any atom is -0.433 e. The minimum atomic E-state index is -2.96. The van der Waals surface area contributed by atoms with Crippen LogP contribution in [0.2, 0.25) is 10.0 Å². The summed E-state index contributed by atoms with van der Waals surface area (Å²) in [5.41, 5.74) is 0.478. The molecule has 0 atom stereocenters. The molecule has 0 aliphatic heterocycles. The van der Waals surface area contributed by atoms with Crippen molar-refractivity contribution in [1.82, 2.24) is 0 Å². The van der Waals surface area contributed by atoms with Crippen LogP contribution in [0.4, 0.5) is 8.78 Å². The van der Waals surface area contributed by atoms with Crippen LogP contribution in [0, 0.1) is 11.3 Å². The molecule has 80 valence electrons. The SMILES string of the molecule is N#CCc1cc(Cl)c(OC(F)F)cc1Cl. The molecule has 1 rings (SSSR count). The molecule has 0 heterocycles. The Morgan fingerprint density at radius 2 is 2.00 bits per heavy atom. The normalized spacial score (nSPS) is 10.1. The molecule has 0 saturated heterocycles. The van der Waals surface area contributed by atoms with Gasteiger partial charge in [-0.1, -0.05) is 23.2 Å². The summed E-state index contributed by atoms with van der Waals surface area (Å²) < 4.78 is 27.9. The van der Waals surface area contributed by atoms with Crippen molar-refractivity contribution in [1.29, 1.82) is 5.26 Å². The van der Waals surface area contributed by atoms with Crippen LogP contribution < -0.4 is 4.74 Å². The average molecular weight is 252 g/mol. The van der Waals surface area contributed by atoms with Gasteiger partial charge in [-0.25, -0.2) is 0 Å². The third kappa shape index (κ3) is 3.22. The van der Waals surface area contributed by atoms with E-state index in [1.165, 1.54) is 12.1 Å². The molecule has 1 aromatic carbocycles. The summed E-state index contributed by atoms with van der Waals surface area (Å²) in [6.07, 6.45) is 0.0630. The van der Waals surface area contributed by atoms with E-state index >= 15 is 0 Å². The highest BCUT2D eigenvalue weighted by molar-refractivity contribution is 6.34. The number of ether oxygens (including phenoxy) is 1. The predicted molar refractivity (Wildman–Crippen MR) is 52.4 cm³/mol. The number of halogens is 4. The third-order valence-electron chi connectivity index (χ3n) is 1.59. The van der Waals surface area contributed by atoms with Gasteiger partial charge >= 0.3 is 6.61 Å².